The van der Waals surface area contributed by atoms with E-state index in [9.17, 15) is 8.42 Å². The van der Waals surface area contributed by atoms with Crippen molar-refractivity contribution in [2.75, 3.05) is 5.73 Å². The summed E-state index contributed by atoms with van der Waals surface area (Å²) in [7, 11) is -3.76. The third kappa shape index (κ3) is 2.91. The first-order valence-electron chi connectivity index (χ1n) is 6.83. The monoisotopic (exact) mass is 326 g/mol. The van der Waals surface area contributed by atoms with E-state index in [0.29, 0.717) is 5.56 Å². The lowest BCUT2D eigenvalue weighted by molar-refractivity contribution is 0.595. The molecular weight excluding hydrogens is 312 g/mol. The van der Waals surface area contributed by atoms with Gasteiger partial charge in [0.2, 0.25) is 15.8 Å². The maximum absolute atomic E-state index is 12.9. The molecule has 3 rings (SSSR count). The van der Waals surface area contributed by atoms with Gasteiger partial charge in [0.15, 0.2) is 0 Å². The van der Waals surface area contributed by atoms with Gasteiger partial charge in [-0.25, -0.2) is 18.4 Å². The van der Waals surface area contributed by atoms with Gasteiger partial charge in [-0.2, -0.15) is 0 Å². The molecule has 0 saturated heterocycles. The molecule has 0 bridgehead atoms. The van der Waals surface area contributed by atoms with Crippen LogP contribution in [-0.2, 0) is 9.84 Å². The number of hydrogen-bond acceptors (Lipinski definition) is 6. The summed E-state index contributed by atoms with van der Waals surface area (Å²) < 4.78 is 25.8. The van der Waals surface area contributed by atoms with Crippen LogP contribution in [0.1, 0.15) is 5.56 Å². The van der Waals surface area contributed by atoms with Crippen molar-refractivity contribution in [3.05, 3.63) is 60.6 Å². The van der Waals surface area contributed by atoms with Crippen LogP contribution in [0.2, 0.25) is 0 Å². The SMILES string of the molecule is Cc1ccc(S(=O)(=O)c2cnc(N)nc2-c2cccnc2)cc1. The third-order valence-corrected chi connectivity index (χ3v) is 5.10. The molecule has 0 unspecified atom stereocenters. The molecule has 0 aliphatic heterocycles. The van der Waals surface area contributed by atoms with Crippen LogP contribution in [-0.4, -0.2) is 23.4 Å². The van der Waals surface area contributed by atoms with Gasteiger partial charge in [-0.05, 0) is 31.2 Å². The highest BCUT2D eigenvalue weighted by atomic mass is 32.2. The van der Waals surface area contributed by atoms with E-state index in [1.54, 1.807) is 42.6 Å². The molecule has 0 amide bonds. The summed E-state index contributed by atoms with van der Waals surface area (Å²) in [4.78, 5) is 12.1. The van der Waals surface area contributed by atoms with E-state index in [4.69, 9.17) is 5.73 Å². The molecule has 0 atom stereocenters. The summed E-state index contributed by atoms with van der Waals surface area (Å²) in [5.41, 5.74) is 7.41. The first-order valence-corrected chi connectivity index (χ1v) is 8.31. The van der Waals surface area contributed by atoms with E-state index in [-0.39, 0.29) is 21.4 Å². The summed E-state index contributed by atoms with van der Waals surface area (Å²) in [6, 6.07) is 10.0. The van der Waals surface area contributed by atoms with Gasteiger partial charge in [0.1, 0.15) is 4.90 Å². The molecular formula is C16H14N4O2S. The Bertz CT molecular complexity index is 940. The number of rotatable bonds is 3. The molecule has 0 fully saturated rings. The van der Waals surface area contributed by atoms with Crippen LogP contribution < -0.4 is 5.73 Å². The van der Waals surface area contributed by atoms with Crippen LogP contribution >= 0.6 is 0 Å². The van der Waals surface area contributed by atoms with Crippen molar-refractivity contribution in [2.24, 2.45) is 0 Å². The van der Waals surface area contributed by atoms with Crippen molar-refractivity contribution < 1.29 is 8.42 Å². The Morgan fingerprint density at radius 2 is 1.78 bits per heavy atom. The number of hydrogen-bond donors (Lipinski definition) is 1. The number of pyridine rings is 1. The second-order valence-electron chi connectivity index (χ2n) is 5.00. The molecule has 3 aromatic rings. The van der Waals surface area contributed by atoms with Crippen molar-refractivity contribution in [2.45, 2.75) is 16.7 Å². The zero-order chi connectivity index (χ0) is 16.4. The van der Waals surface area contributed by atoms with Gasteiger partial charge in [-0.1, -0.05) is 17.7 Å². The third-order valence-electron chi connectivity index (χ3n) is 3.33. The molecule has 2 aromatic heterocycles. The minimum absolute atomic E-state index is 0.00329. The molecule has 2 heterocycles. The lowest BCUT2D eigenvalue weighted by Crippen LogP contribution is -2.08. The Labute approximate surface area is 134 Å². The molecule has 0 radical (unpaired) electrons. The standard InChI is InChI=1S/C16H14N4O2S/c1-11-4-6-13(7-5-11)23(21,22)14-10-19-16(17)20-15(14)12-3-2-8-18-9-12/h2-10H,1H3,(H2,17,19,20). The maximum atomic E-state index is 12.9. The van der Waals surface area contributed by atoms with Gasteiger partial charge in [0.25, 0.3) is 0 Å². The fraction of sp³-hybridized carbons (Fsp3) is 0.0625. The van der Waals surface area contributed by atoms with Gasteiger partial charge in [-0.15, -0.1) is 0 Å². The van der Waals surface area contributed by atoms with Crippen molar-refractivity contribution in [3.63, 3.8) is 0 Å². The summed E-state index contributed by atoms with van der Waals surface area (Å²) in [6.45, 7) is 1.89. The van der Waals surface area contributed by atoms with E-state index >= 15 is 0 Å². The van der Waals surface area contributed by atoms with Crippen LogP contribution in [0.4, 0.5) is 5.95 Å². The smallest absolute Gasteiger partial charge is 0.220 e. The minimum Gasteiger partial charge on any atom is -0.368 e. The average molecular weight is 326 g/mol. The second-order valence-corrected chi connectivity index (χ2v) is 6.92. The fourth-order valence-corrected chi connectivity index (χ4v) is 3.49. The topological polar surface area (TPSA) is 98.8 Å². The minimum atomic E-state index is -3.76. The lowest BCUT2D eigenvalue weighted by Gasteiger charge is -2.10. The van der Waals surface area contributed by atoms with Gasteiger partial charge < -0.3 is 5.73 Å². The van der Waals surface area contributed by atoms with Gasteiger partial charge in [0, 0.05) is 18.0 Å². The molecule has 2 N–H and O–H groups in total. The Hall–Kier alpha value is -2.80. The molecule has 116 valence electrons. The number of nitrogens with two attached hydrogens (primary N) is 1. The summed E-state index contributed by atoms with van der Waals surface area (Å²) in [5.74, 6) is 0.00621. The highest BCUT2D eigenvalue weighted by Gasteiger charge is 2.24. The Morgan fingerprint density at radius 1 is 1.04 bits per heavy atom. The molecule has 7 heteroatoms. The first kappa shape index (κ1) is 15.1. The Morgan fingerprint density at radius 3 is 2.43 bits per heavy atom. The number of nitrogens with zero attached hydrogens (tertiary/aromatic N) is 3. The summed E-state index contributed by atoms with van der Waals surface area (Å²) in [5, 5.41) is 0. The zero-order valence-electron chi connectivity index (χ0n) is 12.3. The quantitative estimate of drug-likeness (QED) is 0.792. The Kier molecular flexibility index (Phi) is 3.79. The van der Waals surface area contributed by atoms with Gasteiger partial charge in [-0.3, -0.25) is 4.98 Å². The Balaban J connectivity index is 2.22. The van der Waals surface area contributed by atoms with Crippen LogP contribution in [0.25, 0.3) is 11.3 Å². The first-order chi connectivity index (χ1) is 11.0. The molecule has 6 nitrogen and oxygen atoms in total. The van der Waals surface area contributed by atoms with Crippen molar-refractivity contribution in [1.29, 1.82) is 0 Å². The van der Waals surface area contributed by atoms with Gasteiger partial charge in [0.05, 0.1) is 16.8 Å². The zero-order valence-corrected chi connectivity index (χ0v) is 13.2. The lowest BCUT2D eigenvalue weighted by atomic mass is 10.2. The molecule has 0 aliphatic rings. The van der Waals surface area contributed by atoms with Crippen molar-refractivity contribution in [3.8, 4) is 11.3 Å². The predicted molar refractivity (Wildman–Crippen MR) is 86.3 cm³/mol. The number of sulfone groups is 1. The van der Waals surface area contributed by atoms with E-state index in [1.165, 1.54) is 12.4 Å². The number of anilines is 1. The van der Waals surface area contributed by atoms with Crippen molar-refractivity contribution >= 4 is 15.8 Å². The highest BCUT2D eigenvalue weighted by molar-refractivity contribution is 7.91. The number of aromatic nitrogens is 3. The molecule has 0 aliphatic carbocycles. The van der Waals surface area contributed by atoms with E-state index in [1.807, 2.05) is 6.92 Å². The maximum Gasteiger partial charge on any atom is 0.220 e. The van der Waals surface area contributed by atoms with E-state index < -0.39 is 9.84 Å². The fourth-order valence-electron chi connectivity index (χ4n) is 2.14. The van der Waals surface area contributed by atoms with E-state index in [0.717, 1.165) is 5.56 Å². The molecule has 0 saturated carbocycles. The van der Waals surface area contributed by atoms with E-state index in [2.05, 4.69) is 15.0 Å². The summed E-state index contributed by atoms with van der Waals surface area (Å²) >= 11 is 0. The van der Waals surface area contributed by atoms with Crippen LogP contribution in [0.3, 0.4) is 0 Å². The molecule has 1 aromatic carbocycles. The second kappa shape index (κ2) is 5.77. The number of nitrogen functional groups attached to an aromatic ring is 1. The predicted octanol–water partition coefficient (Wildman–Crippen LogP) is 2.26. The number of benzene rings is 1. The van der Waals surface area contributed by atoms with Crippen LogP contribution in [0, 0.1) is 6.92 Å². The summed E-state index contributed by atoms with van der Waals surface area (Å²) in [6.07, 6.45) is 4.37. The van der Waals surface area contributed by atoms with Crippen LogP contribution in [0.5, 0.6) is 0 Å². The van der Waals surface area contributed by atoms with Crippen LogP contribution in [0.15, 0.2) is 64.8 Å². The highest BCUT2D eigenvalue weighted by Crippen LogP contribution is 2.29. The average Bonchev–Trinajstić information content (AvgIpc) is 2.56. The molecule has 23 heavy (non-hydrogen) atoms. The molecule has 0 spiro atoms. The largest absolute Gasteiger partial charge is 0.368 e. The van der Waals surface area contributed by atoms with Crippen molar-refractivity contribution in [1.82, 2.24) is 15.0 Å². The van der Waals surface area contributed by atoms with Gasteiger partial charge >= 0.3 is 0 Å². The number of aryl methyl sites for hydroxylation is 1. The normalized spacial score (nSPS) is 11.3.